The summed E-state index contributed by atoms with van der Waals surface area (Å²) in [5.41, 5.74) is 0.804. The molecule has 1 aliphatic carbocycles. The SMILES string of the molecule is CN=C(NCC(=O)Nc1ccccc1)NC1CCC(C)CC1. The summed E-state index contributed by atoms with van der Waals surface area (Å²) in [5, 5.41) is 9.33. The van der Waals surface area contributed by atoms with Gasteiger partial charge in [0.15, 0.2) is 5.96 Å². The molecule has 1 fully saturated rings. The van der Waals surface area contributed by atoms with Crippen molar-refractivity contribution >= 4 is 17.6 Å². The van der Waals surface area contributed by atoms with Crippen LogP contribution in [0.5, 0.6) is 0 Å². The van der Waals surface area contributed by atoms with Crippen LogP contribution in [0.2, 0.25) is 0 Å². The number of para-hydroxylation sites is 1. The van der Waals surface area contributed by atoms with Crippen LogP contribution in [0.3, 0.4) is 0 Å². The van der Waals surface area contributed by atoms with Gasteiger partial charge in [-0.2, -0.15) is 0 Å². The summed E-state index contributed by atoms with van der Waals surface area (Å²) < 4.78 is 0. The second kappa shape index (κ2) is 8.41. The molecule has 0 heterocycles. The van der Waals surface area contributed by atoms with Gasteiger partial charge < -0.3 is 16.0 Å². The van der Waals surface area contributed by atoms with Gasteiger partial charge in [0.1, 0.15) is 0 Å². The molecule has 5 nitrogen and oxygen atoms in total. The quantitative estimate of drug-likeness (QED) is 0.591. The lowest BCUT2D eigenvalue weighted by molar-refractivity contribution is -0.115. The van der Waals surface area contributed by atoms with Gasteiger partial charge in [-0.1, -0.05) is 25.1 Å². The summed E-state index contributed by atoms with van der Waals surface area (Å²) in [6, 6.07) is 9.91. The van der Waals surface area contributed by atoms with Crippen molar-refractivity contribution in [2.24, 2.45) is 10.9 Å². The van der Waals surface area contributed by atoms with Gasteiger partial charge in [-0.15, -0.1) is 0 Å². The number of nitrogens with one attached hydrogen (secondary N) is 3. The number of anilines is 1. The third kappa shape index (κ3) is 5.39. The lowest BCUT2D eigenvalue weighted by Gasteiger charge is -2.28. The molecule has 0 aliphatic heterocycles. The van der Waals surface area contributed by atoms with Crippen LogP contribution in [0.25, 0.3) is 0 Å². The first-order valence-electron chi connectivity index (χ1n) is 7.99. The van der Waals surface area contributed by atoms with E-state index in [-0.39, 0.29) is 12.5 Å². The van der Waals surface area contributed by atoms with Crippen molar-refractivity contribution in [2.45, 2.75) is 38.6 Å². The van der Waals surface area contributed by atoms with Crippen molar-refractivity contribution in [3.63, 3.8) is 0 Å². The van der Waals surface area contributed by atoms with Crippen LogP contribution >= 0.6 is 0 Å². The van der Waals surface area contributed by atoms with E-state index in [1.807, 2.05) is 30.3 Å². The first-order chi connectivity index (χ1) is 10.7. The number of carbonyl (C=O) groups is 1. The fourth-order valence-corrected chi connectivity index (χ4v) is 2.68. The zero-order valence-electron chi connectivity index (χ0n) is 13.4. The van der Waals surface area contributed by atoms with Crippen molar-refractivity contribution < 1.29 is 4.79 Å². The van der Waals surface area contributed by atoms with E-state index in [9.17, 15) is 4.79 Å². The van der Waals surface area contributed by atoms with Crippen LogP contribution in [0.15, 0.2) is 35.3 Å². The second-order valence-corrected chi connectivity index (χ2v) is 5.94. The van der Waals surface area contributed by atoms with Gasteiger partial charge >= 0.3 is 0 Å². The molecule has 0 aromatic heterocycles. The standard InChI is InChI=1S/C17H26N4O/c1-13-8-10-15(11-9-13)21-17(18-2)19-12-16(22)20-14-6-4-3-5-7-14/h3-7,13,15H,8-12H2,1-2H3,(H,20,22)(H2,18,19,21). The fraction of sp³-hybridized carbons (Fsp3) is 0.529. The van der Waals surface area contributed by atoms with Crippen molar-refractivity contribution in [1.29, 1.82) is 0 Å². The maximum absolute atomic E-state index is 11.9. The van der Waals surface area contributed by atoms with Gasteiger partial charge in [-0.05, 0) is 43.7 Å². The Balaban J connectivity index is 1.73. The molecule has 0 radical (unpaired) electrons. The van der Waals surface area contributed by atoms with Gasteiger partial charge in [0.25, 0.3) is 0 Å². The molecule has 0 atom stereocenters. The minimum Gasteiger partial charge on any atom is -0.354 e. The first-order valence-corrected chi connectivity index (χ1v) is 7.99. The van der Waals surface area contributed by atoms with Crippen LogP contribution in [-0.4, -0.2) is 31.5 Å². The lowest BCUT2D eigenvalue weighted by atomic mass is 9.87. The highest BCUT2D eigenvalue weighted by molar-refractivity contribution is 5.94. The molecule has 0 spiro atoms. The zero-order chi connectivity index (χ0) is 15.8. The molecule has 120 valence electrons. The van der Waals surface area contributed by atoms with E-state index in [0.29, 0.717) is 12.0 Å². The second-order valence-electron chi connectivity index (χ2n) is 5.94. The zero-order valence-corrected chi connectivity index (χ0v) is 13.4. The highest BCUT2D eigenvalue weighted by atomic mass is 16.1. The molecule has 0 bridgehead atoms. The Labute approximate surface area is 132 Å². The number of aliphatic imine (C=N–C) groups is 1. The summed E-state index contributed by atoms with van der Waals surface area (Å²) in [6.45, 7) is 2.51. The van der Waals surface area contributed by atoms with Crippen molar-refractivity contribution in [3.05, 3.63) is 30.3 Å². The molecule has 22 heavy (non-hydrogen) atoms. The van der Waals surface area contributed by atoms with Gasteiger partial charge in [0.2, 0.25) is 5.91 Å². The number of benzene rings is 1. The monoisotopic (exact) mass is 302 g/mol. The van der Waals surface area contributed by atoms with E-state index in [4.69, 9.17) is 0 Å². The molecule has 0 unspecified atom stereocenters. The topological polar surface area (TPSA) is 65.5 Å². The molecule has 0 saturated heterocycles. The number of nitrogens with zero attached hydrogens (tertiary/aromatic N) is 1. The third-order valence-electron chi connectivity index (χ3n) is 4.05. The molecule has 5 heteroatoms. The first kappa shape index (κ1) is 16.3. The molecular formula is C17H26N4O. The van der Waals surface area contributed by atoms with Crippen LogP contribution in [-0.2, 0) is 4.79 Å². The molecule has 3 N–H and O–H groups in total. The van der Waals surface area contributed by atoms with Crippen LogP contribution in [0, 0.1) is 5.92 Å². The summed E-state index contributed by atoms with van der Waals surface area (Å²) in [6.07, 6.45) is 4.84. The molecule has 1 aromatic rings. The van der Waals surface area contributed by atoms with Crippen molar-refractivity contribution in [3.8, 4) is 0 Å². The Morgan fingerprint density at radius 1 is 1.18 bits per heavy atom. The van der Waals surface area contributed by atoms with Crippen LogP contribution < -0.4 is 16.0 Å². The summed E-state index contributed by atoms with van der Waals surface area (Å²) >= 11 is 0. The Morgan fingerprint density at radius 2 is 1.86 bits per heavy atom. The highest BCUT2D eigenvalue weighted by Crippen LogP contribution is 2.23. The average Bonchev–Trinajstić information content (AvgIpc) is 2.54. The minimum absolute atomic E-state index is 0.0774. The number of hydrogen-bond acceptors (Lipinski definition) is 2. The lowest BCUT2D eigenvalue weighted by Crippen LogP contribution is -2.46. The van der Waals surface area contributed by atoms with Crippen molar-refractivity contribution in [2.75, 3.05) is 18.9 Å². The van der Waals surface area contributed by atoms with Crippen molar-refractivity contribution in [1.82, 2.24) is 10.6 Å². The fourth-order valence-electron chi connectivity index (χ4n) is 2.68. The largest absolute Gasteiger partial charge is 0.354 e. The van der Waals surface area contributed by atoms with Gasteiger partial charge in [-0.3, -0.25) is 9.79 Å². The number of hydrogen-bond donors (Lipinski definition) is 3. The predicted molar refractivity (Wildman–Crippen MR) is 91.0 cm³/mol. The Morgan fingerprint density at radius 3 is 2.50 bits per heavy atom. The Kier molecular flexibility index (Phi) is 6.25. The van der Waals surface area contributed by atoms with E-state index >= 15 is 0 Å². The Hall–Kier alpha value is -2.04. The third-order valence-corrected chi connectivity index (χ3v) is 4.05. The molecule has 2 rings (SSSR count). The number of guanidine groups is 1. The Bertz CT molecular complexity index is 493. The maximum atomic E-state index is 11.9. The van der Waals surface area contributed by atoms with Crippen LogP contribution in [0.4, 0.5) is 5.69 Å². The summed E-state index contributed by atoms with van der Waals surface area (Å²) in [4.78, 5) is 16.1. The number of rotatable bonds is 4. The molecular weight excluding hydrogens is 276 g/mol. The normalized spacial score (nSPS) is 22.0. The maximum Gasteiger partial charge on any atom is 0.243 e. The molecule has 1 amide bonds. The predicted octanol–water partition coefficient (Wildman–Crippen LogP) is 2.37. The van der Waals surface area contributed by atoms with Gasteiger partial charge in [0, 0.05) is 18.8 Å². The smallest absolute Gasteiger partial charge is 0.243 e. The van der Waals surface area contributed by atoms with E-state index in [1.54, 1.807) is 7.05 Å². The van der Waals surface area contributed by atoms with Crippen LogP contribution in [0.1, 0.15) is 32.6 Å². The molecule has 1 aliphatic rings. The van der Waals surface area contributed by atoms with E-state index in [1.165, 1.54) is 12.8 Å². The van der Waals surface area contributed by atoms with E-state index in [0.717, 1.165) is 24.4 Å². The average molecular weight is 302 g/mol. The number of amides is 1. The number of carbonyl (C=O) groups excluding carboxylic acids is 1. The molecule has 1 saturated carbocycles. The minimum atomic E-state index is -0.0774. The summed E-state index contributed by atoms with van der Waals surface area (Å²) in [5.74, 6) is 1.44. The van der Waals surface area contributed by atoms with E-state index in [2.05, 4.69) is 27.9 Å². The highest BCUT2D eigenvalue weighted by Gasteiger charge is 2.19. The van der Waals surface area contributed by atoms with Gasteiger partial charge in [-0.25, -0.2) is 0 Å². The molecule has 1 aromatic carbocycles. The van der Waals surface area contributed by atoms with Gasteiger partial charge in [0.05, 0.1) is 6.54 Å². The summed E-state index contributed by atoms with van der Waals surface area (Å²) in [7, 11) is 1.73. The van der Waals surface area contributed by atoms with E-state index < -0.39 is 0 Å².